The average Bonchev–Trinajstić information content (AvgIpc) is 2.87. The second kappa shape index (κ2) is 7.35. The average molecular weight is 277 g/mol. The van der Waals surface area contributed by atoms with Crippen LogP contribution < -0.4 is 5.32 Å². The molecule has 1 fully saturated rings. The maximum atomic E-state index is 3.53. The van der Waals surface area contributed by atoms with Crippen LogP contribution in [-0.4, -0.2) is 18.8 Å². The highest BCUT2D eigenvalue weighted by molar-refractivity contribution is 7.98. The number of aryl methyl sites for hydroxylation is 2. The Morgan fingerprint density at radius 2 is 1.79 bits per heavy atom. The summed E-state index contributed by atoms with van der Waals surface area (Å²) < 4.78 is 0. The normalized spacial score (nSPS) is 17.8. The minimum Gasteiger partial charge on any atom is -0.316 e. The molecule has 1 atom stereocenters. The van der Waals surface area contributed by atoms with E-state index in [0.29, 0.717) is 6.04 Å². The molecule has 0 saturated heterocycles. The van der Waals surface area contributed by atoms with Crippen LogP contribution in [0.15, 0.2) is 18.2 Å². The minimum atomic E-state index is 0.707. The first-order chi connectivity index (χ1) is 9.19. The molecule has 2 heteroatoms. The van der Waals surface area contributed by atoms with Gasteiger partial charge in [0.2, 0.25) is 0 Å². The van der Waals surface area contributed by atoms with E-state index in [4.69, 9.17) is 0 Å². The van der Waals surface area contributed by atoms with Gasteiger partial charge in [0.15, 0.2) is 0 Å². The van der Waals surface area contributed by atoms with Gasteiger partial charge in [-0.15, -0.1) is 0 Å². The molecule has 0 aromatic heterocycles. The lowest BCUT2D eigenvalue weighted by Gasteiger charge is -2.22. The lowest BCUT2D eigenvalue weighted by Crippen LogP contribution is -2.34. The van der Waals surface area contributed by atoms with Crippen molar-refractivity contribution in [1.82, 2.24) is 5.32 Å². The molecule has 1 saturated carbocycles. The van der Waals surface area contributed by atoms with E-state index < -0.39 is 0 Å². The molecule has 0 aliphatic heterocycles. The van der Waals surface area contributed by atoms with Crippen LogP contribution in [0.4, 0.5) is 0 Å². The summed E-state index contributed by atoms with van der Waals surface area (Å²) in [6, 6.07) is 7.61. The van der Waals surface area contributed by atoms with Gasteiger partial charge in [-0.3, -0.25) is 0 Å². The quantitative estimate of drug-likeness (QED) is 0.831. The lowest BCUT2D eigenvalue weighted by molar-refractivity contribution is 0.410. The first kappa shape index (κ1) is 14.9. The fourth-order valence-electron chi connectivity index (χ4n) is 3.27. The Hall–Kier alpha value is -0.470. The van der Waals surface area contributed by atoms with Crippen LogP contribution in [0, 0.1) is 19.8 Å². The summed E-state index contributed by atoms with van der Waals surface area (Å²) >= 11 is 2.08. The van der Waals surface area contributed by atoms with Gasteiger partial charge in [0.1, 0.15) is 0 Å². The molecule has 1 N–H and O–H groups in total. The van der Waals surface area contributed by atoms with Crippen molar-refractivity contribution in [2.75, 3.05) is 12.8 Å². The smallest absolute Gasteiger partial charge is 0.0185 e. The number of rotatable bonds is 6. The van der Waals surface area contributed by atoms with Crippen LogP contribution in [0.5, 0.6) is 0 Å². The summed E-state index contributed by atoms with van der Waals surface area (Å²) in [6.45, 7) is 4.38. The summed E-state index contributed by atoms with van der Waals surface area (Å²) in [5.74, 6) is 3.30. The fraction of sp³-hybridized carbons (Fsp3) is 0.647. The molecule has 2 rings (SSSR count). The Labute approximate surface area is 122 Å². The molecule has 0 amide bonds. The third-order valence-electron chi connectivity index (χ3n) is 4.19. The minimum absolute atomic E-state index is 0.707. The Balaban J connectivity index is 1.81. The van der Waals surface area contributed by atoms with Crippen molar-refractivity contribution in [3.8, 4) is 0 Å². The van der Waals surface area contributed by atoms with Crippen LogP contribution in [0.1, 0.15) is 42.4 Å². The van der Waals surface area contributed by atoms with Gasteiger partial charge in [0.25, 0.3) is 0 Å². The van der Waals surface area contributed by atoms with E-state index in [1.54, 1.807) is 0 Å². The van der Waals surface area contributed by atoms with Crippen LogP contribution in [0.2, 0.25) is 0 Å². The second-order valence-electron chi connectivity index (χ2n) is 5.95. The Morgan fingerprint density at radius 3 is 2.37 bits per heavy atom. The number of thioether (sulfide) groups is 1. The van der Waals surface area contributed by atoms with E-state index in [1.165, 1.54) is 48.1 Å². The molecule has 0 heterocycles. The molecule has 0 spiro atoms. The van der Waals surface area contributed by atoms with E-state index in [1.807, 2.05) is 0 Å². The van der Waals surface area contributed by atoms with Crippen molar-refractivity contribution in [2.45, 2.75) is 51.3 Å². The summed E-state index contributed by atoms with van der Waals surface area (Å²) in [6.07, 6.45) is 5.72. The Kier molecular flexibility index (Phi) is 5.77. The van der Waals surface area contributed by atoms with Crippen molar-refractivity contribution >= 4 is 11.8 Å². The molecule has 0 radical (unpaired) electrons. The van der Waals surface area contributed by atoms with Gasteiger partial charge in [-0.2, -0.15) is 11.8 Å². The summed E-state index contributed by atoms with van der Waals surface area (Å²) in [4.78, 5) is 0. The highest BCUT2D eigenvalue weighted by Crippen LogP contribution is 2.29. The number of hydrogen-bond acceptors (Lipinski definition) is 2. The summed E-state index contributed by atoms with van der Waals surface area (Å²) in [5, 5.41) is 3.53. The molecule has 1 aliphatic carbocycles. The van der Waals surface area contributed by atoms with Gasteiger partial charge in [-0.25, -0.2) is 0 Å². The zero-order chi connectivity index (χ0) is 13.7. The monoisotopic (exact) mass is 277 g/mol. The number of hydrogen-bond donors (Lipinski definition) is 1. The molecule has 1 aromatic rings. The van der Waals surface area contributed by atoms with Crippen molar-refractivity contribution in [3.05, 3.63) is 34.9 Å². The lowest BCUT2D eigenvalue weighted by atomic mass is 10.0. The standard InChI is InChI=1S/C17H27NS/c1-13-8-14(2)10-15(9-13)11-19-12-17(18-3)16-6-4-5-7-16/h8-10,16-18H,4-7,11-12H2,1-3H3. The first-order valence-corrected chi connectivity index (χ1v) is 8.66. The SMILES string of the molecule is CNC(CSCc1cc(C)cc(C)c1)C1CCCC1. The van der Waals surface area contributed by atoms with Gasteiger partial charge in [0.05, 0.1) is 0 Å². The number of benzene rings is 1. The Morgan fingerprint density at radius 1 is 1.16 bits per heavy atom. The fourth-order valence-corrected chi connectivity index (χ4v) is 4.48. The third kappa shape index (κ3) is 4.54. The van der Waals surface area contributed by atoms with Gasteiger partial charge < -0.3 is 5.32 Å². The predicted octanol–water partition coefficient (Wildman–Crippen LogP) is 4.31. The first-order valence-electron chi connectivity index (χ1n) is 7.51. The highest BCUT2D eigenvalue weighted by atomic mass is 32.2. The largest absolute Gasteiger partial charge is 0.316 e. The summed E-state index contributed by atoms with van der Waals surface area (Å²) in [7, 11) is 2.13. The maximum absolute atomic E-state index is 3.53. The molecule has 1 unspecified atom stereocenters. The van der Waals surface area contributed by atoms with E-state index in [2.05, 4.69) is 56.2 Å². The predicted molar refractivity (Wildman–Crippen MR) is 86.9 cm³/mol. The second-order valence-corrected chi connectivity index (χ2v) is 6.98. The molecule has 1 aromatic carbocycles. The third-order valence-corrected chi connectivity index (χ3v) is 5.32. The molecule has 1 nitrogen and oxygen atoms in total. The van der Waals surface area contributed by atoms with Gasteiger partial charge >= 0.3 is 0 Å². The van der Waals surface area contributed by atoms with Gasteiger partial charge in [-0.05, 0) is 45.2 Å². The zero-order valence-electron chi connectivity index (χ0n) is 12.5. The number of nitrogens with one attached hydrogen (secondary N) is 1. The maximum Gasteiger partial charge on any atom is 0.0185 e. The molecule has 1 aliphatic rings. The topological polar surface area (TPSA) is 12.0 Å². The van der Waals surface area contributed by atoms with Gasteiger partial charge in [0, 0.05) is 17.5 Å². The molecular formula is C17H27NS. The van der Waals surface area contributed by atoms with Crippen LogP contribution in [0.25, 0.3) is 0 Å². The molecular weight excluding hydrogens is 250 g/mol. The molecule has 106 valence electrons. The van der Waals surface area contributed by atoms with Gasteiger partial charge in [-0.1, -0.05) is 42.2 Å². The Bertz CT molecular complexity index is 376. The summed E-state index contributed by atoms with van der Waals surface area (Å²) in [5.41, 5.74) is 4.25. The highest BCUT2D eigenvalue weighted by Gasteiger charge is 2.23. The molecule has 0 bridgehead atoms. The van der Waals surface area contributed by atoms with E-state index >= 15 is 0 Å². The van der Waals surface area contributed by atoms with Crippen molar-refractivity contribution in [1.29, 1.82) is 0 Å². The van der Waals surface area contributed by atoms with Crippen LogP contribution in [0.3, 0.4) is 0 Å². The zero-order valence-corrected chi connectivity index (χ0v) is 13.4. The van der Waals surface area contributed by atoms with Crippen molar-refractivity contribution in [2.24, 2.45) is 5.92 Å². The van der Waals surface area contributed by atoms with E-state index in [-0.39, 0.29) is 0 Å². The van der Waals surface area contributed by atoms with Crippen LogP contribution >= 0.6 is 11.8 Å². The van der Waals surface area contributed by atoms with Crippen molar-refractivity contribution in [3.63, 3.8) is 0 Å². The van der Waals surface area contributed by atoms with Crippen molar-refractivity contribution < 1.29 is 0 Å². The van der Waals surface area contributed by atoms with Crippen LogP contribution in [-0.2, 0) is 5.75 Å². The van der Waals surface area contributed by atoms with E-state index in [9.17, 15) is 0 Å². The van der Waals surface area contributed by atoms with E-state index in [0.717, 1.165) is 11.7 Å². The molecule has 19 heavy (non-hydrogen) atoms.